The number of hydrogen-bond donors (Lipinski definition) is 2. The van der Waals surface area contributed by atoms with Crippen molar-refractivity contribution in [2.45, 2.75) is 6.92 Å². The van der Waals surface area contributed by atoms with Crippen molar-refractivity contribution < 1.29 is 4.79 Å². The average Bonchev–Trinajstić information content (AvgIpc) is 2.47. The lowest BCUT2D eigenvalue weighted by Gasteiger charge is -2.08. The van der Waals surface area contributed by atoms with Gasteiger partial charge in [-0.2, -0.15) is 0 Å². The Labute approximate surface area is 118 Å². The molecule has 3 nitrogen and oxygen atoms in total. The first-order valence-electron chi connectivity index (χ1n) is 6.36. The summed E-state index contributed by atoms with van der Waals surface area (Å²) in [5.74, 6) is 5.62. The van der Waals surface area contributed by atoms with Crippen LogP contribution in [0.2, 0.25) is 0 Å². The van der Waals surface area contributed by atoms with Crippen LogP contribution in [-0.2, 0) is 0 Å². The number of rotatable bonds is 2. The van der Waals surface area contributed by atoms with Gasteiger partial charge in [-0.15, -0.1) is 0 Å². The van der Waals surface area contributed by atoms with Crippen LogP contribution in [0.5, 0.6) is 0 Å². The molecule has 0 aromatic heterocycles. The fraction of sp³-hybridized carbons (Fsp3) is 0.118. The van der Waals surface area contributed by atoms with Crippen LogP contribution in [0.3, 0.4) is 0 Å². The lowest BCUT2D eigenvalue weighted by molar-refractivity contribution is 0.102. The average molecular weight is 264 g/mol. The van der Waals surface area contributed by atoms with Crippen molar-refractivity contribution in [3.8, 4) is 11.8 Å². The second kappa shape index (κ2) is 6.55. The van der Waals surface area contributed by atoms with Crippen molar-refractivity contribution in [3.63, 3.8) is 0 Å². The van der Waals surface area contributed by atoms with Gasteiger partial charge in [0.05, 0.1) is 12.2 Å². The quantitative estimate of drug-likeness (QED) is 0.819. The third-order valence-corrected chi connectivity index (χ3v) is 2.78. The molecule has 3 heteroatoms. The van der Waals surface area contributed by atoms with Crippen LogP contribution in [-0.4, -0.2) is 12.5 Å². The van der Waals surface area contributed by atoms with Crippen LogP contribution in [0.25, 0.3) is 0 Å². The molecule has 0 saturated heterocycles. The Hall–Kier alpha value is -2.57. The second-order valence-electron chi connectivity index (χ2n) is 4.38. The first-order chi connectivity index (χ1) is 9.70. The number of hydrogen-bond acceptors (Lipinski definition) is 2. The molecule has 0 unspecified atom stereocenters. The maximum absolute atomic E-state index is 12.2. The molecule has 0 heterocycles. The normalized spacial score (nSPS) is 9.50. The molecule has 2 aromatic rings. The first-order valence-corrected chi connectivity index (χ1v) is 6.36. The van der Waals surface area contributed by atoms with Gasteiger partial charge in [-0.1, -0.05) is 36.1 Å². The van der Waals surface area contributed by atoms with Gasteiger partial charge in [-0.3, -0.25) is 4.79 Å². The molecule has 0 spiro atoms. The molecule has 0 radical (unpaired) electrons. The van der Waals surface area contributed by atoms with Crippen molar-refractivity contribution >= 4 is 11.6 Å². The highest BCUT2D eigenvalue weighted by Gasteiger charge is 2.08. The zero-order valence-corrected chi connectivity index (χ0v) is 11.3. The highest BCUT2D eigenvalue weighted by atomic mass is 16.1. The molecule has 0 saturated carbocycles. The molecule has 1 amide bonds. The summed E-state index contributed by atoms with van der Waals surface area (Å²) in [4.78, 5) is 12.2. The Morgan fingerprint density at radius 1 is 1.20 bits per heavy atom. The van der Waals surface area contributed by atoms with Crippen LogP contribution in [0.4, 0.5) is 5.69 Å². The van der Waals surface area contributed by atoms with Crippen molar-refractivity contribution in [2.75, 3.05) is 11.9 Å². The molecule has 3 N–H and O–H groups in total. The molecule has 2 aromatic carbocycles. The molecule has 100 valence electrons. The summed E-state index contributed by atoms with van der Waals surface area (Å²) in [6.07, 6.45) is 0. The van der Waals surface area contributed by atoms with Crippen LogP contribution in [0.15, 0.2) is 48.5 Å². The van der Waals surface area contributed by atoms with Gasteiger partial charge in [0.1, 0.15) is 0 Å². The Kier molecular flexibility index (Phi) is 4.54. The SMILES string of the molecule is Cc1ccc(C#CCN)c(NC(=O)c2ccccc2)c1. The number of anilines is 1. The van der Waals surface area contributed by atoms with Crippen LogP contribution in [0, 0.1) is 18.8 Å². The van der Waals surface area contributed by atoms with E-state index >= 15 is 0 Å². The number of carbonyl (C=O) groups is 1. The van der Waals surface area contributed by atoms with Crippen LogP contribution < -0.4 is 11.1 Å². The summed E-state index contributed by atoms with van der Waals surface area (Å²) in [6, 6.07) is 14.8. The first kappa shape index (κ1) is 13.9. The summed E-state index contributed by atoms with van der Waals surface area (Å²) in [6.45, 7) is 2.26. The van der Waals surface area contributed by atoms with E-state index in [4.69, 9.17) is 5.73 Å². The van der Waals surface area contributed by atoms with Gasteiger partial charge in [-0.05, 0) is 36.8 Å². The number of benzene rings is 2. The molecule has 0 fully saturated rings. The molecule has 0 aliphatic rings. The molecule has 2 rings (SSSR count). The number of aryl methyl sites for hydroxylation is 1. The van der Waals surface area contributed by atoms with Crippen molar-refractivity contribution in [2.24, 2.45) is 5.73 Å². The van der Waals surface area contributed by atoms with Crippen molar-refractivity contribution in [3.05, 3.63) is 65.2 Å². The maximum Gasteiger partial charge on any atom is 0.255 e. The monoisotopic (exact) mass is 264 g/mol. The van der Waals surface area contributed by atoms with Gasteiger partial charge in [0.25, 0.3) is 5.91 Å². The van der Waals surface area contributed by atoms with E-state index in [1.54, 1.807) is 12.1 Å². The van der Waals surface area contributed by atoms with Crippen molar-refractivity contribution in [1.29, 1.82) is 0 Å². The molecular formula is C17H16N2O. The molecule has 0 aliphatic carbocycles. The van der Waals surface area contributed by atoms with Gasteiger partial charge in [-0.25, -0.2) is 0 Å². The fourth-order valence-corrected chi connectivity index (χ4v) is 1.80. The topological polar surface area (TPSA) is 55.1 Å². The zero-order valence-electron chi connectivity index (χ0n) is 11.3. The van der Waals surface area contributed by atoms with Gasteiger partial charge in [0.15, 0.2) is 0 Å². The molecule has 0 bridgehead atoms. The molecule has 0 aliphatic heterocycles. The molecule has 20 heavy (non-hydrogen) atoms. The highest BCUT2D eigenvalue weighted by molar-refractivity contribution is 6.04. The Morgan fingerprint density at radius 2 is 1.95 bits per heavy atom. The van der Waals surface area contributed by atoms with Gasteiger partial charge < -0.3 is 11.1 Å². The largest absolute Gasteiger partial charge is 0.321 e. The number of carbonyl (C=O) groups excluding carboxylic acids is 1. The van der Waals surface area contributed by atoms with E-state index < -0.39 is 0 Å². The number of nitrogens with one attached hydrogen (secondary N) is 1. The van der Waals surface area contributed by atoms with Gasteiger partial charge >= 0.3 is 0 Å². The minimum atomic E-state index is -0.146. The second-order valence-corrected chi connectivity index (χ2v) is 4.38. The summed E-state index contributed by atoms with van der Waals surface area (Å²) in [7, 11) is 0. The predicted molar refractivity (Wildman–Crippen MR) is 81.5 cm³/mol. The van der Waals surface area contributed by atoms with Crippen LogP contribution in [0.1, 0.15) is 21.5 Å². The smallest absolute Gasteiger partial charge is 0.255 e. The molecular weight excluding hydrogens is 248 g/mol. The van der Waals surface area contributed by atoms with Gasteiger partial charge in [0, 0.05) is 11.1 Å². The Morgan fingerprint density at radius 3 is 2.65 bits per heavy atom. The lowest BCUT2D eigenvalue weighted by Crippen LogP contribution is -2.12. The van der Waals surface area contributed by atoms with Gasteiger partial charge in [0.2, 0.25) is 0 Å². The minimum Gasteiger partial charge on any atom is -0.321 e. The van der Waals surface area contributed by atoms with E-state index in [0.29, 0.717) is 17.8 Å². The summed E-state index contributed by atoms with van der Waals surface area (Å²) < 4.78 is 0. The third kappa shape index (κ3) is 3.47. The number of amides is 1. The zero-order chi connectivity index (χ0) is 14.4. The predicted octanol–water partition coefficient (Wildman–Crippen LogP) is 2.56. The lowest BCUT2D eigenvalue weighted by atomic mass is 10.1. The van der Waals surface area contributed by atoms with E-state index in [1.165, 1.54) is 0 Å². The third-order valence-electron chi connectivity index (χ3n) is 2.78. The van der Waals surface area contributed by atoms with E-state index in [2.05, 4.69) is 17.2 Å². The Bertz CT molecular complexity index is 666. The Balaban J connectivity index is 2.28. The maximum atomic E-state index is 12.2. The van der Waals surface area contributed by atoms with Crippen LogP contribution >= 0.6 is 0 Å². The highest BCUT2D eigenvalue weighted by Crippen LogP contribution is 2.17. The van der Waals surface area contributed by atoms with E-state index in [1.807, 2.05) is 43.3 Å². The van der Waals surface area contributed by atoms with Crippen molar-refractivity contribution in [1.82, 2.24) is 0 Å². The van der Waals surface area contributed by atoms with E-state index in [0.717, 1.165) is 11.1 Å². The summed E-state index contributed by atoms with van der Waals surface area (Å²) in [5, 5.41) is 2.89. The standard InChI is InChI=1S/C17H16N2O/c1-13-9-10-14(8-5-11-18)16(12-13)19-17(20)15-6-3-2-4-7-15/h2-4,6-7,9-10,12H,11,18H2,1H3,(H,19,20). The summed E-state index contributed by atoms with van der Waals surface area (Å²) >= 11 is 0. The summed E-state index contributed by atoms with van der Waals surface area (Å²) in [5.41, 5.74) is 8.54. The van der Waals surface area contributed by atoms with E-state index in [9.17, 15) is 4.79 Å². The molecule has 0 atom stereocenters. The minimum absolute atomic E-state index is 0.146. The number of nitrogens with two attached hydrogens (primary N) is 1. The fourth-order valence-electron chi connectivity index (χ4n) is 1.80. The van der Waals surface area contributed by atoms with E-state index in [-0.39, 0.29) is 5.91 Å².